The maximum absolute atomic E-state index is 13.5. The lowest BCUT2D eigenvalue weighted by atomic mass is 9.98. The second-order valence-electron chi connectivity index (χ2n) is 4.34. The van der Waals surface area contributed by atoms with Crippen molar-refractivity contribution in [1.29, 1.82) is 0 Å². The molecule has 1 aliphatic rings. The third-order valence-electron chi connectivity index (χ3n) is 3.18. The molecule has 0 unspecified atom stereocenters. The van der Waals surface area contributed by atoms with E-state index >= 15 is 0 Å². The van der Waals surface area contributed by atoms with Gasteiger partial charge in [0.25, 0.3) is 5.91 Å². The predicted octanol–water partition coefficient (Wildman–Crippen LogP) is 3.08. The zero-order valence-corrected chi connectivity index (χ0v) is 10.7. The van der Waals surface area contributed by atoms with Crippen LogP contribution in [0.15, 0.2) is 36.7 Å². The van der Waals surface area contributed by atoms with Crippen LogP contribution in [0.1, 0.15) is 15.9 Å². The van der Waals surface area contributed by atoms with Crippen LogP contribution in [0.25, 0.3) is 0 Å². The van der Waals surface area contributed by atoms with Gasteiger partial charge in [0.1, 0.15) is 5.82 Å². The minimum atomic E-state index is -0.568. The van der Waals surface area contributed by atoms with E-state index in [-0.39, 0.29) is 10.9 Å². The first-order valence-electron chi connectivity index (χ1n) is 5.86. The molecular formula is C14H10ClFN2O. The molecule has 0 radical (unpaired) electrons. The second kappa shape index (κ2) is 4.63. The van der Waals surface area contributed by atoms with Crippen LogP contribution in [0, 0.1) is 5.82 Å². The maximum atomic E-state index is 13.5. The number of anilines is 1. The van der Waals surface area contributed by atoms with Crippen molar-refractivity contribution in [3.05, 3.63) is 58.6 Å². The number of aromatic nitrogens is 1. The molecular weight excluding hydrogens is 267 g/mol. The SMILES string of the molecule is O=C1c2cc(F)c(Cl)cc2CCN1c1cccnc1. The molecule has 5 heteroatoms. The van der Waals surface area contributed by atoms with E-state index in [1.807, 2.05) is 6.07 Å². The van der Waals surface area contributed by atoms with Gasteiger partial charge in [-0.1, -0.05) is 11.6 Å². The number of carbonyl (C=O) groups is 1. The number of fused-ring (bicyclic) bond motifs is 1. The van der Waals surface area contributed by atoms with Gasteiger partial charge >= 0.3 is 0 Å². The highest BCUT2D eigenvalue weighted by Crippen LogP contribution is 2.27. The molecule has 0 fully saturated rings. The summed E-state index contributed by atoms with van der Waals surface area (Å²) in [5.74, 6) is -0.786. The molecule has 0 atom stereocenters. The molecule has 1 aromatic carbocycles. The normalized spacial score (nSPS) is 14.4. The van der Waals surface area contributed by atoms with Gasteiger partial charge in [0, 0.05) is 18.3 Å². The maximum Gasteiger partial charge on any atom is 0.258 e. The summed E-state index contributed by atoms with van der Waals surface area (Å²) in [6.45, 7) is 0.541. The Labute approximate surface area is 114 Å². The summed E-state index contributed by atoms with van der Waals surface area (Å²) in [4.78, 5) is 18.0. The Morgan fingerprint density at radius 2 is 2.21 bits per heavy atom. The zero-order chi connectivity index (χ0) is 13.4. The molecule has 19 heavy (non-hydrogen) atoms. The number of amides is 1. The number of halogens is 2. The average molecular weight is 277 g/mol. The number of benzene rings is 1. The number of pyridine rings is 1. The third kappa shape index (κ3) is 2.08. The van der Waals surface area contributed by atoms with Gasteiger partial charge < -0.3 is 4.90 Å². The summed E-state index contributed by atoms with van der Waals surface area (Å²) in [5, 5.41) is 0.0568. The van der Waals surface area contributed by atoms with Crippen molar-refractivity contribution in [3.63, 3.8) is 0 Å². The largest absolute Gasteiger partial charge is 0.306 e. The molecule has 0 bridgehead atoms. The van der Waals surface area contributed by atoms with Gasteiger partial charge in [-0.2, -0.15) is 0 Å². The quantitative estimate of drug-likeness (QED) is 0.802. The summed E-state index contributed by atoms with van der Waals surface area (Å²) in [6, 6.07) is 6.32. The smallest absolute Gasteiger partial charge is 0.258 e. The van der Waals surface area contributed by atoms with Crippen molar-refractivity contribution in [2.75, 3.05) is 11.4 Å². The van der Waals surface area contributed by atoms with E-state index in [1.165, 1.54) is 12.1 Å². The van der Waals surface area contributed by atoms with Crippen molar-refractivity contribution in [1.82, 2.24) is 4.98 Å². The Morgan fingerprint density at radius 1 is 1.37 bits per heavy atom. The van der Waals surface area contributed by atoms with E-state index in [0.29, 0.717) is 24.2 Å². The molecule has 2 heterocycles. The molecule has 0 N–H and O–H groups in total. The number of hydrogen-bond donors (Lipinski definition) is 0. The first-order valence-corrected chi connectivity index (χ1v) is 6.24. The van der Waals surface area contributed by atoms with Crippen molar-refractivity contribution in [3.8, 4) is 0 Å². The molecule has 0 saturated carbocycles. The van der Waals surface area contributed by atoms with E-state index in [0.717, 1.165) is 5.56 Å². The highest BCUT2D eigenvalue weighted by molar-refractivity contribution is 6.31. The standard InChI is InChI=1S/C14H10ClFN2O/c15-12-6-9-3-5-18(10-2-1-4-17-8-10)14(19)11(9)7-13(12)16/h1-2,4,6-8H,3,5H2. The molecule has 3 nitrogen and oxygen atoms in total. The van der Waals surface area contributed by atoms with Gasteiger partial charge in [-0.3, -0.25) is 9.78 Å². The zero-order valence-electron chi connectivity index (χ0n) is 9.94. The highest BCUT2D eigenvalue weighted by atomic mass is 35.5. The molecule has 2 aromatic rings. The topological polar surface area (TPSA) is 33.2 Å². The van der Waals surface area contributed by atoms with Crippen LogP contribution < -0.4 is 4.90 Å². The Hall–Kier alpha value is -1.94. The molecule has 1 aliphatic heterocycles. The number of hydrogen-bond acceptors (Lipinski definition) is 2. The van der Waals surface area contributed by atoms with E-state index in [1.54, 1.807) is 23.4 Å². The highest BCUT2D eigenvalue weighted by Gasteiger charge is 2.26. The van der Waals surface area contributed by atoms with Crippen LogP contribution in [0.2, 0.25) is 5.02 Å². The Morgan fingerprint density at radius 3 is 2.95 bits per heavy atom. The summed E-state index contributed by atoms with van der Waals surface area (Å²) in [5.41, 5.74) is 1.88. The minimum absolute atomic E-state index is 0.0568. The minimum Gasteiger partial charge on any atom is -0.306 e. The van der Waals surface area contributed by atoms with Gasteiger partial charge in [-0.05, 0) is 36.2 Å². The van der Waals surface area contributed by atoms with Crippen molar-refractivity contribution in [2.45, 2.75) is 6.42 Å². The summed E-state index contributed by atoms with van der Waals surface area (Å²) >= 11 is 5.74. The van der Waals surface area contributed by atoms with E-state index in [9.17, 15) is 9.18 Å². The van der Waals surface area contributed by atoms with Crippen molar-refractivity contribution < 1.29 is 9.18 Å². The molecule has 0 saturated heterocycles. The van der Waals surface area contributed by atoms with Gasteiger partial charge in [0.2, 0.25) is 0 Å². The fourth-order valence-corrected chi connectivity index (χ4v) is 2.42. The van der Waals surface area contributed by atoms with E-state index < -0.39 is 5.82 Å². The average Bonchev–Trinajstić information content (AvgIpc) is 2.42. The first kappa shape index (κ1) is 12.1. The van der Waals surface area contributed by atoms with Crippen molar-refractivity contribution >= 4 is 23.2 Å². The number of carbonyl (C=O) groups excluding carboxylic acids is 1. The first-order chi connectivity index (χ1) is 9.16. The monoisotopic (exact) mass is 276 g/mol. The van der Waals surface area contributed by atoms with Gasteiger partial charge in [-0.25, -0.2) is 4.39 Å². The van der Waals surface area contributed by atoms with Gasteiger partial charge in [-0.15, -0.1) is 0 Å². The molecule has 3 rings (SSSR count). The van der Waals surface area contributed by atoms with E-state index in [4.69, 9.17) is 11.6 Å². The lowest BCUT2D eigenvalue weighted by Gasteiger charge is -2.28. The summed E-state index contributed by atoms with van der Waals surface area (Å²) in [6.07, 6.45) is 3.91. The van der Waals surface area contributed by atoms with Crippen LogP contribution in [0.5, 0.6) is 0 Å². The Bertz CT molecular complexity index is 645. The summed E-state index contributed by atoms with van der Waals surface area (Å²) < 4.78 is 13.5. The number of rotatable bonds is 1. The Balaban J connectivity index is 2.03. The van der Waals surface area contributed by atoms with Crippen LogP contribution in [-0.2, 0) is 6.42 Å². The number of nitrogens with zero attached hydrogens (tertiary/aromatic N) is 2. The van der Waals surface area contributed by atoms with Crippen molar-refractivity contribution in [2.24, 2.45) is 0 Å². The Kier molecular flexibility index (Phi) is 2.95. The lowest BCUT2D eigenvalue weighted by Crippen LogP contribution is -2.37. The molecule has 0 aliphatic carbocycles. The molecule has 1 aromatic heterocycles. The summed E-state index contributed by atoms with van der Waals surface area (Å²) in [7, 11) is 0. The van der Waals surface area contributed by atoms with Gasteiger partial charge in [0.15, 0.2) is 0 Å². The van der Waals surface area contributed by atoms with Crippen LogP contribution in [-0.4, -0.2) is 17.4 Å². The third-order valence-corrected chi connectivity index (χ3v) is 3.47. The van der Waals surface area contributed by atoms with Crippen LogP contribution in [0.4, 0.5) is 10.1 Å². The molecule has 96 valence electrons. The fraction of sp³-hybridized carbons (Fsp3) is 0.143. The predicted molar refractivity (Wildman–Crippen MR) is 71.0 cm³/mol. The fourth-order valence-electron chi connectivity index (χ4n) is 2.23. The van der Waals surface area contributed by atoms with Crippen LogP contribution >= 0.6 is 11.6 Å². The molecule has 1 amide bonds. The van der Waals surface area contributed by atoms with Gasteiger partial charge in [0.05, 0.1) is 16.9 Å². The lowest BCUT2D eigenvalue weighted by molar-refractivity contribution is 0.0980. The van der Waals surface area contributed by atoms with Crippen LogP contribution in [0.3, 0.4) is 0 Å². The molecule has 0 spiro atoms. The van der Waals surface area contributed by atoms with E-state index in [2.05, 4.69) is 4.98 Å². The second-order valence-corrected chi connectivity index (χ2v) is 4.75.